The number of hydrogen-bond acceptors (Lipinski definition) is 4. The molecular formula is C9H8N2O3. The third-order valence-electron chi connectivity index (χ3n) is 1.45. The van der Waals surface area contributed by atoms with E-state index in [2.05, 4.69) is 5.32 Å². The van der Waals surface area contributed by atoms with Gasteiger partial charge in [0.2, 0.25) is 0 Å². The summed E-state index contributed by atoms with van der Waals surface area (Å²) in [6.07, 6.45) is 2.66. The fraction of sp³-hybridized carbons (Fsp3) is 0.111. The first-order valence-electron chi connectivity index (χ1n) is 3.83. The van der Waals surface area contributed by atoms with Gasteiger partial charge in [0.15, 0.2) is 5.57 Å². The Balaban J connectivity index is 2.47. The molecule has 1 aromatic heterocycles. The van der Waals surface area contributed by atoms with E-state index in [1.165, 1.54) is 6.26 Å². The number of nitrogens with one attached hydrogen (secondary N) is 1. The summed E-state index contributed by atoms with van der Waals surface area (Å²) in [6.45, 7) is 0.353. The molecule has 0 saturated heterocycles. The molecule has 5 nitrogen and oxygen atoms in total. The minimum Gasteiger partial charge on any atom is -0.477 e. The van der Waals surface area contributed by atoms with Gasteiger partial charge in [-0.25, -0.2) is 4.79 Å². The van der Waals surface area contributed by atoms with Crippen LogP contribution in [0.25, 0.3) is 0 Å². The quantitative estimate of drug-likeness (QED) is 0.545. The molecule has 0 radical (unpaired) electrons. The van der Waals surface area contributed by atoms with E-state index in [1.807, 2.05) is 0 Å². The summed E-state index contributed by atoms with van der Waals surface area (Å²) in [5.74, 6) is -0.580. The van der Waals surface area contributed by atoms with Crippen LogP contribution in [0.1, 0.15) is 5.76 Å². The first-order valence-corrected chi connectivity index (χ1v) is 3.83. The molecule has 0 aromatic carbocycles. The van der Waals surface area contributed by atoms with Gasteiger partial charge in [0.25, 0.3) is 0 Å². The van der Waals surface area contributed by atoms with E-state index >= 15 is 0 Å². The Bertz CT molecular complexity index is 373. The molecule has 0 atom stereocenters. The Morgan fingerprint density at radius 2 is 2.57 bits per heavy atom. The highest BCUT2D eigenvalue weighted by molar-refractivity contribution is 5.90. The minimum atomic E-state index is -1.25. The van der Waals surface area contributed by atoms with Crippen LogP contribution in [0.15, 0.2) is 34.6 Å². The number of carboxylic acids is 1. The largest absolute Gasteiger partial charge is 0.477 e. The standard InChI is InChI=1S/C9H8N2O3/c10-4-7(9(12)13)5-11-6-8-2-1-3-14-8/h1-3,5,11H,6H2,(H,12,13). The number of hydrogen-bond donors (Lipinski definition) is 2. The van der Waals surface area contributed by atoms with E-state index in [1.54, 1.807) is 18.2 Å². The number of nitriles is 1. The summed E-state index contributed by atoms with van der Waals surface area (Å²) in [5, 5.41) is 19.5. The van der Waals surface area contributed by atoms with Crippen molar-refractivity contribution >= 4 is 5.97 Å². The molecule has 1 rings (SSSR count). The van der Waals surface area contributed by atoms with Gasteiger partial charge >= 0.3 is 5.97 Å². The van der Waals surface area contributed by atoms with E-state index in [-0.39, 0.29) is 5.57 Å². The van der Waals surface area contributed by atoms with E-state index in [0.717, 1.165) is 6.20 Å². The van der Waals surface area contributed by atoms with Crippen molar-refractivity contribution in [2.45, 2.75) is 6.54 Å². The minimum absolute atomic E-state index is 0.337. The molecule has 0 aliphatic carbocycles. The van der Waals surface area contributed by atoms with Gasteiger partial charge in [-0.15, -0.1) is 0 Å². The van der Waals surface area contributed by atoms with Crippen LogP contribution in [0, 0.1) is 11.3 Å². The number of nitrogens with zero attached hydrogens (tertiary/aromatic N) is 1. The van der Waals surface area contributed by atoms with Crippen molar-refractivity contribution in [3.05, 3.63) is 35.9 Å². The van der Waals surface area contributed by atoms with Gasteiger partial charge in [-0.05, 0) is 12.1 Å². The smallest absolute Gasteiger partial charge is 0.347 e. The fourth-order valence-electron chi connectivity index (χ4n) is 0.809. The van der Waals surface area contributed by atoms with Crippen LogP contribution in [0.3, 0.4) is 0 Å². The van der Waals surface area contributed by atoms with Crippen molar-refractivity contribution in [3.63, 3.8) is 0 Å². The van der Waals surface area contributed by atoms with Gasteiger partial charge < -0.3 is 14.8 Å². The number of furan rings is 1. The van der Waals surface area contributed by atoms with Crippen LogP contribution in [0.4, 0.5) is 0 Å². The molecule has 0 bridgehead atoms. The predicted molar refractivity (Wildman–Crippen MR) is 46.9 cm³/mol. The Morgan fingerprint density at radius 3 is 3.07 bits per heavy atom. The van der Waals surface area contributed by atoms with E-state index < -0.39 is 5.97 Å². The molecule has 1 aromatic rings. The molecule has 0 aliphatic rings. The van der Waals surface area contributed by atoms with Crippen molar-refractivity contribution < 1.29 is 14.3 Å². The van der Waals surface area contributed by atoms with Crippen molar-refractivity contribution in [1.82, 2.24) is 5.32 Å². The zero-order chi connectivity index (χ0) is 10.4. The van der Waals surface area contributed by atoms with Crippen LogP contribution in [-0.2, 0) is 11.3 Å². The Kier molecular flexibility index (Phi) is 3.33. The van der Waals surface area contributed by atoms with Crippen LogP contribution < -0.4 is 5.32 Å². The number of carboxylic acid groups (broad SMARTS) is 1. The molecular weight excluding hydrogens is 184 g/mol. The third kappa shape index (κ3) is 2.68. The molecule has 0 fully saturated rings. The summed E-state index contributed by atoms with van der Waals surface area (Å²) in [4.78, 5) is 10.4. The van der Waals surface area contributed by atoms with Crippen molar-refractivity contribution in [2.75, 3.05) is 0 Å². The number of carbonyl (C=O) groups is 1. The summed E-state index contributed by atoms with van der Waals surface area (Å²) < 4.78 is 4.99. The van der Waals surface area contributed by atoms with Crippen LogP contribution in [0.5, 0.6) is 0 Å². The lowest BCUT2D eigenvalue weighted by Gasteiger charge is -1.96. The Hall–Kier alpha value is -2.22. The summed E-state index contributed by atoms with van der Waals surface area (Å²) >= 11 is 0. The normalized spacial score (nSPS) is 10.6. The van der Waals surface area contributed by atoms with Gasteiger partial charge in [-0.1, -0.05) is 0 Å². The van der Waals surface area contributed by atoms with Gasteiger partial charge in [0.1, 0.15) is 11.8 Å². The van der Waals surface area contributed by atoms with Gasteiger partial charge in [-0.3, -0.25) is 0 Å². The van der Waals surface area contributed by atoms with Crippen molar-refractivity contribution in [2.24, 2.45) is 0 Å². The molecule has 1 heterocycles. The number of rotatable bonds is 4. The lowest BCUT2D eigenvalue weighted by atomic mass is 10.3. The SMILES string of the molecule is N#CC(=CNCc1ccco1)C(=O)O. The van der Waals surface area contributed by atoms with Gasteiger partial charge in [0.05, 0.1) is 12.8 Å². The van der Waals surface area contributed by atoms with E-state index in [4.69, 9.17) is 14.8 Å². The monoisotopic (exact) mass is 192 g/mol. The second kappa shape index (κ2) is 4.72. The average molecular weight is 192 g/mol. The zero-order valence-electron chi connectivity index (χ0n) is 7.23. The molecule has 0 spiro atoms. The first-order chi connectivity index (χ1) is 6.74. The molecule has 72 valence electrons. The Morgan fingerprint density at radius 1 is 1.79 bits per heavy atom. The maximum Gasteiger partial charge on any atom is 0.347 e. The fourth-order valence-corrected chi connectivity index (χ4v) is 0.809. The van der Waals surface area contributed by atoms with E-state index in [9.17, 15) is 4.79 Å². The summed E-state index contributed by atoms with van der Waals surface area (Å²) in [6, 6.07) is 5.02. The summed E-state index contributed by atoms with van der Waals surface area (Å²) in [5.41, 5.74) is -0.337. The highest BCUT2D eigenvalue weighted by Gasteiger charge is 2.04. The van der Waals surface area contributed by atoms with Crippen molar-refractivity contribution in [1.29, 1.82) is 5.26 Å². The maximum absolute atomic E-state index is 10.4. The molecule has 14 heavy (non-hydrogen) atoms. The molecule has 5 heteroatoms. The molecule has 0 amide bonds. The highest BCUT2D eigenvalue weighted by Crippen LogP contribution is 1.99. The topological polar surface area (TPSA) is 86.3 Å². The molecule has 0 saturated carbocycles. The first kappa shape index (κ1) is 9.86. The van der Waals surface area contributed by atoms with Gasteiger partial charge in [0, 0.05) is 6.20 Å². The van der Waals surface area contributed by atoms with Crippen LogP contribution in [-0.4, -0.2) is 11.1 Å². The molecule has 0 unspecified atom stereocenters. The van der Waals surface area contributed by atoms with Crippen molar-refractivity contribution in [3.8, 4) is 6.07 Å². The lowest BCUT2D eigenvalue weighted by molar-refractivity contribution is -0.132. The zero-order valence-corrected chi connectivity index (χ0v) is 7.23. The Labute approximate surface area is 80.3 Å². The van der Waals surface area contributed by atoms with Crippen LogP contribution >= 0.6 is 0 Å². The number of aliphatic carboxylic acids is 1. The second-order valence-electron chi connectivity index (χ2n) is 2.44. The van der Waals surface area contributed by atoms with Gasteiger partial charge in [-0.2, -0.15) is 5.26 Å². The highest BCUT2D eigenvalue weighted by atomic mass is 16.4. The third-order valence-corrected chi connectivity index (χ3v) is 1.45. The summed E-state index contributed by atoms with van der Waals surface area (Å²) in [7, 11) is 0. The average Bonchev–Trinajstić information content (AvgIpc) is 2.64. The predicted octanol–water partition coefficient (Wildman–Crippen LogP) is 0.861. The maximum atomic E-state index is 10.4. The second-order valence-corrected chi connectivity index (χ2v) is 2.44. The van der Waals surface area contributed by atoms with Crippen LogP contribution in [0.2, 0.25) is 0 Å². The molecule has 0 aliphatic heterocycles. The van der Waals surface area contributed by atoms with E-state index in [0.29, 0.717) is 12.3 Å². The molecule has 2 N–H and O–H groups in total. The lowest BCUT2D eigenvalue weighted by Crippen LogP contribution is -2.08.